The predicted molar refractivity (Wildman–Crippen MR) is 76.0 cm³/mol. The van der Waals surface area contributed by atoms with Gasteiger partial charge in [0, 0.05) is 5.25 Å². The van der Waals surface area contributed by atoms with E-state index in [9.17, 15) is 8.42 Å². The van der Waals surface area contributed by atoms with Crippen LogP contribution in [0.2, 0.25) is 0 Å². The Hall–Kier alpha value is -0.520. The van der Waals surface area contributed by atoms with Crippen LogP contribution in [0.1, 0.15) is 37.7 Å². The summed E-state index contributed by atoms with van der Waals surface area (Å²) in [7, 11) is -3.36. The molecule has 3 nitrogen and oxygen atoms in total. The molecule has 0 heterocycles. The minimum Gasteiger partial charge on any atom is -0.206 e. The van der Waals surface area contributed by atoms with Crippen molar-refractivity contribution in [2.75, 3.05) is 0 Å². The molecule has 100 valence electrons. The maximum atomic E-state index is 12.1. The summed E-state index contributed by atoms with van der Waals surface area (Å²) in [5, 5.41) is 0.430. The van der Waals surface area contributed by atoms with Crippen LogP contribution in [0.5, 0.6) is 0 Å². The van der Waals surface area contributed by atoms with Gasteiger partial charge in [0.15, 0.2) is 0 Å². The second kappa shape index (κ2) is 6.08. The van der Waals surface area contributed by atoms with Crippen LogP contribution < -0.4 is 4.13 Å². The Kier molecular flexibility index (Phi) is 4.70. The average molecular weight is 285 g/mol. The fourth-order valence-electron chi connectivity index (χ4n) is 2.08. The molecule has 0 spiro atoms. The molecule has 0 aromatic heterocycles. The van der Waals surface area contributed by atoms with Gasteiger partial charge in [0.2, 0.25) is 10.0 Å². The van der Waals surface area contributed by atoms with E-state index in [0.29, 0.717) is 10.1 Å². The molecule has 0 radical (unpaired) electrons. The zero-order chi connectivity index (χ0) is 13.0. The zero-order valence-electron chi connectivity index (χ0n) is 10.6. The minimum absolute atomic E-state index is 0.344. The maximum absolute atomic E-state index is 12.1. The highest BCUT2D eigenvalue weighted by molar-refractivity contribution is 8.09. The van der Waals surface area contributed by atoms with E-state index < -0.39 is 10.0 Å². The summed E-state index contributed by atoms with van der Waals surface area (Å²) in [6.45, 7) is 1.95. The molecule has 18 heavy (non-hydrogen) atoms. The number of hydrogen-bond acceptors (Lipinski definition) is 3. The first-order chi connectivity index (χ1) is 8.58. The van der Waals surface area contributed by atoms with Crippen LogP contribution in [-0.2, 0) is 10.0 Å². The van der Waals surface area contributed by atoms with Crippen molar-refractivity contribution in [3.63, 3.8) is 0 Å². The quantitative estimate of drug-likeness (QED) is 0.864. The molecule has 0 amide bonds. The zero-order valence-corrected chi connectivity index (χ0v) is 12.2. The third kappa shape index (κ3) is 3.73. The highest BCUT2D eigenvalue weighted by Gasteiger charge is 2.19. The Labute approximate surface area is 114 Å². The lowest BCUT2D eigenvalue weighted by molar-refractivity contribution is 0.515. The normalized spacial score (nSPS) is 17.8. The molecular weight excluding hydrogens is 266 g/mol. The van der Waals surface area contributed by atoms with Gasteiger partial charge in [0.05, 0.1) is 4.90 Å². The van der Waals surface area contributed by atoms with Crippen LogP contribution in [0, 0.1) is 6.92 Å². The highest BCUT2D eigenvalue weighted by atomic mass is 32.3. The van der Waals surface area contributed by atoms with Gasteiger partial charge in [-0.05, 0) is 31.9 Å². The molecule has 0 unspecified atom stereocenters. The lowest BCUT2D eigenvalue weighted by atomic mass is 10.0. The number of benzene rings is 1. The van der Waals surface area contributed by atoms with E-state index in [0.717, 1.165) is 18.4 Å². The number of sulfonamides is 1. The summed E-state index contributed by atoms with van der Waals surface area (Å²) in [5.74, 6) is 0. The number of rotatable bonds is 4. The van der Waals surface area contributed by atoms with Crippen molar-refractivity contribution < 1.29 is 8.42 Å². The van der Waals surface area contributed by atoms with E-state index in [1.165, 1.54) is 31.2 Å². The van der Waals surface area contributed by atoms with E-state index in [2.05, 4.69) is 4.13 Å². The monoisotopic (exact) mass is 285 g/mol. The van der Waals surface area contributed by atoms with E-state index in [4.69, 9.17) is 0 Å². The van der Waals surface area contributed by atoms with E-state index >= 15 is 0 Å². The molecule has 0 saturated heterocycles. The van der Waals surface area contributed by atoms with Crippen molar-refractivity contribution in [1.29, 1.82) is 0 Å². The molecule has 0 aliphatic heterocycles. The summed E-state index contributed by atoms with van der Waals surface area (Å²) in [4.78, 5) is 0.344. The van der Waals surface area contributed by atoms with Crippen molar-refractivity contribution in [2.24, 2.45) is 0 Å². The van der Waals surface area contributed by atoms with E-state index in [1.54, 1.807) is 12.1 Å². The van der Waals surface area contributed by atoms with Crippen LogP contribution in [0.3, 0.4) is 0 Å². The first-order valence-electron chi connectivity index (χ1n) is 6.32. The van der Waals surface area contributed by atoms with Gasteiger partial charge in [-0.25, -0.2) is 8.42 Å². The van der Waals surface area contributed by atoms with Crippen LogP contribution in [0.15, 0.2) is 29.2 Å². The Bertz CT molecular complexity index is 476. The second-order valence-corrected chi connectivity index (χ2v) is 7.83. The molecule has 2 rings (SSSR count). The third-order valence-electron chi connectivity index (χ3n) is 3.21. The van der Waals surface area contributed by atoms with Crippen molar-refractivity contribution >= 4 is 22.0 Å². The van der Waals surface area contributed by atoms with E-state index in [-0.39, 0.29) is 0 Å². The van der Waals surface area contributed by atoms with Gasteiger partial charge in [-0.2, -0.15) is 4.13 Å². The average Bonchev–Trinajstić information content (AvgIpc) is 2.38. The van der Waals surface area contributed by atoms with Crippen LogP contribution in [0.25, 0.3) is 0 Å². The molecule has 1 aromatic rings. The van der Waals surface area contributed by atoms with Crippen molar-refractivity contribution in [1.82, 2.24) is 4.13 Å². The van der Waals surface area contributed by atoms with E-state index in [1.807, 2.05) is 19.1 Å². The van der Waals surface area contributed by atoms with Gasteiger partial charge in [-0.15, -0.1) is 0 Å². The molecule has 1 saturated carbocycles. The Morgan fingerprint density at radius 2 is 1.72 bits per heavy atom. The summed E-state index contributed by atoms with van der Waals surface area (Å²) in [6, 6.07) is 6.94. The van der Waals surface area contributed by atoms with Crippen LogP contribution >= 0.6 is 11.9 Å². The van der Waals surface area contributed by atoms with Gasteiger partial charge in [-0.3, -0.25) is 0 Å². The molecule has 0 atom stereocenters. The third-order valence-corrected chi connectivity index (χ3v) is 6.17. The topological polar surface area (TPSA) is 46.2 Å². The van der Waals surface area contributed by atoms with Gasteiger partial charge < -0.3 is 0 Å². The fraction of sp³-hybridized carbons (Fsp3) is 0.538. The first kappa shape index (κ1) is 13.9. The standard InChI is InChI=1S/C13H19NO2S2/c1-11-7-9-13(10-8-11)18(15,16)14-17-12-5-3-2-4-6-12/h7-10,12,14H,2-6H2,1H3. The van der Waals surface area contributed by atoms with Crippen LogP contribution in [-0.4, -0.2) is 13.7 Å². The largest absolute Gasteiger partial charge is 0.249 e. The molecule has 1 aromatic carbocycles. The number of hydrogen-bond donors (Lipinski definition) is 1. The van der Waals surface area contributed by atoms with Crippen molar-refractivity contribution in [2.45, 2.75) is 49.2 Å². The predicted octanol–water partition coefficient (Wildman–Crippen LogP) is 3.25. The SMILES string of the molecule is Cc1ccc(S(=O)(=O)NSC2CCCCC2)cc1. The van der Waals surface area contributed by atoms with Gasteiger partial charge in [0.1, 0.15) is 0 Å². The molecule has 1 aliphatic carbocycles. The lowest BCUT2D eigenvalue weighted by Gasteiger charge is -2.20. The molecule has 1 aliphatic rings. The summed E-state index contributed by atoms with van der Waals surface area (Å²) >= 11 is 1.37. The van der Waals surface area contributed by atoms with Gasteiger partial charge in [-0.1, -0.05) is 48.9 Å². The highest BCUT2D eigenvalue weighted by Crippen LogP contribution is 2.27. The number of nitrogens with one attached hydrogen (secondary N) is 1. The molecule has 0 bridgehead atoms. The Balaban J connectivity index is 1.96. The molecular formula is C13H19NO2S2. The molecule has 5 heteroatoms. The van der Waals surface area contributed by atoms with Gasteiger partial charge in [0.25, 0.3) is 0 Å². The minimum atomic E-state index is -3.36. The second-order valence-electron chi connectivity index (χ2n) is 4.78. The Morgan fingerprint density at radius 3 is 2.33 bits per heavy atom. The summed E-state index contributed by atoms with van der Waals surface area (Å²) in [5.41, 5.74) is 1.06. The Morgan fingerprint density at radius 1 is 1.11 bits per heavy atom. The van der Waals surface area contributed by atoms with Gasteiger partial charge >= 0.3 is 0 Å². The smallest absolute Gasteiger partial charge is 0.206 e. The molecule has 1 fully saturated rings. The maximum Gasteiger partial charge on any atom is 0.249 e. The van der Waals surface area contributed by atoms with Crippen molar-refractivity contribution in [3.05, 3.63) is 29.8 Å². The lowest BCUT2D eigenvalue weighted by Crippen LogP contribution is -2.21. The number of aryl methyl sites for hydroxylation is 1. The summed E-state index contributed by atoms with van der Waals surface area (Å²) < 4.78 is 26.8. The van der Waals surface area contributed by atoms with Crippen LogP contribution in [0.4, 0.5) is 0 Å². The van der Waals surface area contributed by atoms with Crippen molar-refractivity contribution in [3.8, 4) is 0 Å². The molecule has 1 N–H and O–H groups in total. The summed E-state index contributed by atoms with van der Waals surface area (Å²) in [6.07, 6.45) is 5.93. The fourth-order valence-corrected chi connectivity index (χ4v) is 4.58. The first-order valence-corrected chi connectivity index (χ1v) is 8.68.